The van der Waals surface area contributed by atoms with Crippen LogP contribution < -0.4 is 0 Å². The Kier molecular flexibility index (Phi) is 4.90. The zero-order valence-electron chi connectivity index (χ0n) is 22.9. The van der Waals surface area contributed by atoms with Gasteiger partial charge in [-0.3, -0.25) is 4.79 Å². The molecule has 4 N–H and O–H groups in total. The number of ether oxygens (including phenoxy) is 1. The molecule has 2 bridgehead atoms. The summed E-state index contributed by atoms with van der Waals surface area (Å²) < 4.78 is 6.16. The Morgan fingerprint density at radius 2 is 1.69 bits per heavy atom. The summed E-state index contributed by atoms with van der Waals surface area (Å²) in [6.07, 6.45) is 7.46. The number of carbonyl (C=O) groups is 1. The van der Waals surface area contributed by atoms with Crippen LogP contribution in [0.5, 0.6) is 0 Å². The van der Waals surface area contributed by atoms with E-state index in [0.717, 1.165) is 32.1 Å². The third-order valence-electron chi connectivity index (χ3n) is 13.9. The van der Waals surface area contributed by atoms with Crippen LogP contribution in [0, 0.1) is 50.7 Å². The van der Waals surface area contributed by atoms with E-state index in [4.69, 9.17) is 4.74 Å². The molecule has 2 aliphatic heterocycles. The Hall–Kier alpha value is -0.950. The highest BCUT2D eigenvalue weighted by Gasteiger charge is 2.77. The van der Waals surface area contributed by atoms with E-state index in [2.05, 4.69) is 40.7 Å². The lowest BCUT2D eigenvalue weighted by Gasteiger charge is -2.75. The summed E-state index contributed by atoms with van der Waals surface area (Å²) >= 11 is 0. The van der Waals surface area contributed by atoms with Crippen LogP contribution in [-0.4, -0.2) is 50.5 Å². The van der Waals surface area contributed by atoms with Crippen molar-refractivity contribution in [1.82, 2.24) is 0 Å². The normalized spacial score (nSPS) is 59.1. The second kappa shape index (κ2) is 6.97. The molecule has 202 valence electrons. The van der Waals surface area contributed by atoms with Crippen molar-refractivity contribution in [3.8, 4) is 0 Å². The summed E-state index contributed by atoms with van der Waals surface area (Å²) in [6.45, 7) is 13.3. The first kappa shape index (κ1) is 25.3. The highest BCUT2D eigenvalue weighted by molar-refractivity contribution is 5.77. The number of aliphatic hydroxyl groups is 3. The van der Waals surface area contributed by atoms with E-state index in [9.17, 15) is 25.2 Å². The van der Waals surface area contributed by atoms with Gasteiger partial charge >= 0.3 is 5.97 Å². The van der Waals surface area contributed by atoms with Crippen LogP contribution in [0.2, 0.25) is 0 Å². The number of fused-ring (bicyclic) bond motifs is 7. The van der Waals surface area contributed by atoms with Gasteiger partial charge in [-0.15, -0.1) is 0 Å². The van der Waals surface area contributed by atoms with Crippen LogP contribution in [0.25, 0.3) is 0 Å². The Morgan fingerprint density at radius 1 is 1.00 bits per heavy atom. The lowest BCUT2D eigenvalue weighted by Crippen LogP contribution is -2.77. The molecule has 0 aromatic heterocycles. The van der Waals surface area contributed by atoms with Gasteiger partial charge in [0.15, 0.2) is 5.79 Å². The van der Waals surface area contributed by atoms with Crippen molar-refractivity contribution >= 4 is 5.97 Å². The first-order chi connectivity index (χ1) is 16.5. The molecule has 2 saturated heterocycles. The summed E-state index contributed by atoms with van der Waals surface area (Å²) in [5.74, 6) is -2.09. The Morgan fingerprint density at radius 3 is 2.33 bits per heavy atom. The number of allylic oxidation sites excluding steroid dienone is 1. The number of rotatable bonds is 1. The van der Waals surface area contributed by atoms with Gasteiger partial charge in [-0.1, -0.05) is 46.3 Å². The van der Waals surface area contributed by atoms with E-state index >= 15 is 0 Å². The van der Waals surface area contributed by atoms with Gasteiger partial charge in [-0.2, -0.15) is 0 Å². The molecule has 7 rings (SSSR count). The number of carboxylic acid groups (broad SMARTS) is 1. The first-order valence-electron chi connectivity index (χ1n) is 14.3. The second-order valence-corrected chi connectivity index (χ2v) is 15.0. The summed E-state index contributed by atoms with van der Waals surface area (Å²) in [5, 5.41) is 45.0. The molecule has 0 aromatic rings. The van der Waals surface area contributed by atoms with Crippen molar-refractivity contribution < 1.29 is 30.0 Å². The van der Waals surface area contributed by atoms with Gasteiger partial charge in [-0.25, -0.2) is 0 Å². The van der Waals surface area contributed by atoms with E-state index in [1.807, 2.05) is 6.92 Å². The predicted molar refractivity (Wildman–Crippen MR) is 135 cm³/mol. The molecule has 0 aromatic carbocycles. The number of aliphatic carboxylic acids is 1. The van der Waals surface area contributed by atoms with E-state index in [1.165, 1.54) is 5.57 Å². The minimum Gasteiger partial charge on any atom is -0.481 e. The second-order valence-electron chi connectivity index (χ2n) is 15.0. The standard InChI is InChI=1S/C30H46O6/c1-17-9-12-28(23(32)33)14-13-25(4)18(22(28)27(17,6)34)7-8-20-26(25,5)11-10-19-24(2,3)30(35)21(31)15-29(19,20)16-36-30/h7,17,19-22,31,34-35H,8-16H2,1-6H3,(H,32,33)/t17-,19+,20+,21-,22-,25-,26+,27-,28+,29-,30+/m1/s1. The zero-order valence-corrected chi connectivity index (χ0v) is 22.9. The topological polar surface area (TPSA) is 107 Å². The van der Waals surface area contributed by atoms with Crippen LogP contribution in [-0.2, 0) is 9.53 Å². The van der Waals surface area contributed by atoms with Crippen molar-refractivity contribution in [1.29, 1.82) is 0 Å². The monoisotopic (exact) mass is 502 g/mol. The molecule has 0 unspecified atom stereocenters. The molecule has 5 aliphatic carbocycles. The summed E-state index contributed by atoms with van der Waals surface area (Å²) in [4.78, 5) is 12.9. The zero-order chi connectivity index (χ0) is 26.3. The fraction of sp³-hybridized carbons (Fsp3) is 0.900. The molecule has 7 aliphatic rings. The van der Waals surface area contributed by atoms with E-state index < -0.39 is 34.3 Å². The minimum atomic E-state index is -1.50. The number of hydrogen-bond acceptors (Lipinski definition) is 5. The molecule has 4 saturated carbocycles. The maximum atomic E-state index is 12.9. The third-order valence-corrected chi connectivity index (χ3v) is 13.9. The molecule has 1 spiro atoms. The summed E-state index contributed by atoms with van der Waals surface area (Å²) in [5.41, 5.74) is -1.94. The van der Waals surface area contributed by atoms with Crippen LogP contribution in [0.15, 0.2) is 11.6 Å². The van der Waals surface area contributed by atoms with Crippen molar-refractivity contribution in [2.45, 2.75) is 110 Å². The van der Waals surface area contributed by atoms with Gasteiger partial charge in [0, 0.05) is 16.7 Å². The average Bonchev–Trinajstić information content (AvgIpc) is 2.78. The Labute approximate surface area is 215 Å². The molecule has 0 radical (unpaired) electrons. The van der Waals surface area contributed by atoms with Crippen LogP contribution >= 0.6 is 0 Å². The van der Waals surface area contributed by atoms with Crippen LogP contribution in [0.1, 0.15) is 92.9 Å². The quantitative estimate of drug-likeness (QED) is 0.393. The van der Waals surface area contributed by atoms with E-state index in [0.29, 0.717) is 25.9 Å². The van der Waals surface area contributed by atoms with Crippen molar-refractivity contribution in [3.05, 3.63) is 11.6 Å². The maximum absolute atomic E-state index is 12.9. The van der Waals surface area contributed by atoms with Gasteiger partial charge in [0.25, 0.3) is 0 Å². The Bertz CT molecular complexity index is 1030. The number of hydrogen-bond donors (Lipinski definition) is 4. The molecule has 36 heavy (non-hydrogen) atoms. The van der Waals surface area contributed by atoms with Crippen molar-refractivity contribution in [2.75, 3.05) is 6.61 Å². The van der Waals surface area contributed by atoms with Crippen LogP contribution in [0.4, 0.5) is 0 Å². The molecule has 6 fully saturated rings. The lowest BCUT2D eigenvalue weighted by atomic mass is 9.32. The molecule has 2 heterocycles. The van der Waals surface area contributed by atoms with E-state index in [1.54, 1.807) is 0 Å². The smallest absolute Gasteiger partial charge is 0.310 e. The molecule has 0 amide bonds. The van der Waals surface area contributed by atoms with E-state index in [-0.39, 0.29) is 39.9 Å². The highest BCUT2D eigenvalue weighted by atomic mass is 16.6. The molecular weight excluding hydrogens is 456 g/mol. The summed E-state index contributed by atoms with van der Waals surface area (Å²) in [7, 11) is 0. The maximum Gasteiger partial charge on any atom is 0.310 e. The SMILES string of the molecule is C[C@@H]1CC[C@]2(C(=O)O)CC[C@]3(C)C(=CC[C@@H]4[C@@]56CO[C@@](O)([C@H](O)C5)C(C)(C)[C@@H]6CC[C@@]43C)[C@@H]2[C@]1(C)O. The number of aliphatic hydroxyl groups excluding tert-OH is 1. The fourth-order valence-corrected chi connectivity index (χ4v) is 11.4. The molecular formula is C30H46O6. The largest absolute Gasteiger partial charge is 0.481 e. The third kappa shape index (κ3) is 2.48. The average molecular weight is 503 g/mol. The van der Waals surface area contributed by atoms with Gasteiger partial charge < -0.3 is 25.2 Å². The van der Waals surface area contributed by atoms with Crippen molar-refractivity contribution in [2.24, 2.45) is 50.7 Å². The molecule has 11 atom stereocenters. The fourth-order valence-electron chi connectivity index (χ4n) is 11.4. The van der Waals surface area contributed by atoms with Gasteiger partial charge in [-0.05, 0) is 86.9 Å². The first-order valence-corrected chi connectivity index (χ1v) is 14.3. The minimum absolute atomic E-state index is 0.0387. The molecule has 6 heteroatoms. The highest BCUT2D eigenvalue weighted by Crippen LogP contribution is 2.78. The summed E-state index contributed by atoms with van der Waals surface area (Å²) in [6, 6.07) is 0. The number of carboxylic acids is 1. The Balaban J connectivity index is 1.50. The van der Waals surface area contributed by atoms with Gasteiger partial charge in [0.1, 0.15) is 6.10 Å². The van der Waals surface area contributed by atoms with Crippen LogP contribution in [0.3, 0.4) is 0 Å². The van der Waals surface area contributed by atoms with Crippen molar-refractivity contribution in [3.63, 3.8) is 0 Å². The predicted octanol–water partition coefficient (Wildman–Crippen LogP) is 4.51. The molecule has 6 nitrogen and oxygen atoms in total. The van der Waals surface area contributed by atoms with Gasteiger partial charge in [0.2, 0.25) is 0 Å². The lowest BCUT2D eigenvalue weighted by molar-refractivity contribution is -0.426. The van der Waals surface area contributed by atoms with Gasteiger partial charge in [0.05, 0.1) is 17.6 Å².